The first-order chi connectivity index (χ1) is 9.05. The van der Waals surface area contributed by atoms with E-state index in [1.54, 1.807) is 4.31 Å². The van der Waals surface area contributed by atoms with Gasteiger partial charge in [-0.2, -0.15) is 4.31 Å². The molecule has 0 spiro atoms. The molecule has 1 fully saturated rings. The summed E-state index contributed by atoms with van der Waals surface area (Å²) < 4.78 is 26.9. The first kappa shape index (κ1) is 14.8. The van der Waals surface area contributed by atoms with E-state index in [2.05, 4.69) is 4.98 Å². The number of hydrogen-bond acceptors (Lipinski definition) is 3. The van der Waals surface area contributed by atoms with Crippen LogP contribution in [-0.4, -0.2) is 30.3 Å². The predicted molar refractivity (Wildman–Crippen MR) is 75.7 cm³/mol. The van der Waals surface area contributed by atoms with E-state index < -0.39 is 10.0 Å². The Balaban J connectivity index is 2.30. The van der Waals surface area contributed by atoms with Gasteiger partial charge in [0.05, 0.1) is 4.90 Å². The average molecular weight is 303 g/mol. The topological polar surface area (TPSA) is 50.3 Å². The molecule has 0 radical (unpaired) electrons. The Hall–Kier alpha value is -0.650. The van der Waals surface area contributed by atoms with Crippen molar-refractivity contribution in [2.45, 2.75) is 50.0 Å². The van der Waals surface area contributed by atoms with Crippen molar-refractivity contribution in [3.05, 3.63) is 23.5 Å². The van der Waals surface area contributed by atoms with Gasteiger partial charge in [-0.05, 0) is 25.0 Å². The minimum absolute atomic E-state index is 0.121. The lowest BCUT2D eigenvalue weighted by Gasteiger charge is -2.32. The van der Waals surface area contributed by atoms with Gasteiger partial charge in [-0.1, -0.05) is 37.8 Å². The minimum Gasteiger partial charge on any atom is -0.244 e. The standard InChI is InChI=1S/C13H19ClN2O2S/c1-2-16(11-6-4-3-5-7-11)19(17,18)12-8-9-15-13(14)10-12/h8-11H,2-7H2,1H3. The van der Waals surface area contributed by atoms with E-state index in [1.807, 2.05) is 6.92 Å². The Kier molecular flexibility index (Phi) is 4.81. The first-order valence-electron chi connectivity index (χ1n) is 6.69. The number of rotatable bonds is 4. The van der Waals surface area contributed by atoms with Crippen LogP contribution in [-0.2, 0) is 10.0 Å². The minimum atomic E-state index is -3.46. The van der Waals surface area contributed by atoms with E-state index in [0.29, 0.717) is 6.54 Å². The highest BCUT2D eigenvalue weighted by Crippen LogP contribution is 2.27. The maximum absolute atomic E-state index is 12.7. The van der Waals surface area contributed by atoms with Crippen LogP contribution in [0.25, 0.3) is 0 Å². The molecule has 0 N–H and O–H groups in total. The molecule has 106 valence electrons. The SMILES string of the molecule is CCN(C1CCCCC1)S(=O)(=O)c1ccnc(Cl)c1. The van der Waals surface area contributed by atoms with E-state index >= 15 is 0 Å². The van der Waals surface area contributed by atoms with Gasteiger partial charge in [-0.3, -0.25) is 0 Å². The van der Waals surface area contributed by atoms with Gasteiger partial charge >= 0.3 is 0 Å². The van der Waals surface area contributed by atoms with Gasteiger partial charge in [0.15, 0.2) is 0 Å². The van der Waals surface area contributed by atoms with Crippen LogP contribution in [0.1, 0.15) is 39.0 Å². The molecule has 4 nitrogen and oxygen atoms in total. The molecule has 1 aliphatic carbocycles. The zero-order chi connectivity index (χ0) is 13.9. The smallest absolute Gasteiger partial charge is 0.243 e. The third kappa shape index (κ3) is 3.27. The summed E-state index contributed by atoms with van der Waals surface area (Å²) in [7, 11) is -3.46. The summed E-state index contributed by atoms with van der Waals surface area (Å²) in [5.41, 5.74) is 0. The van der Waals surface area contributed by atoms with Gasteiger partial charge in [0, 0.05) is 18.8 Å². The van der Waals surface area contributed by atoms with Crippen molar-refractivity contribution >= 4 is 21.6 Å². The van der Waals surface area contributed by atoms with Gasteiger partial charge in [0.1, 0.15) is 5.15 Å². The highest BCUT2D eigenvalue weighted by atomic mass is 35.5. The number of aromatic nitrogens is 1. The number of halogens is 1. The van der Waals surface area contributed by atoms with Crippen molar-refractivity contribution < 1.29 is 8.42 Å². The molecule has 1 saturated carbocycles. The number of sulfonamides is 1. The van der Waals surface area contributed by atoms with Crippen molar-refractivity contribution in [2.24, 2.45) is 0 Å². The summed E-state index contributed by atoms with van der Waals surface area (Å²) in [5.74, 6) is 0. The Labute approximate surface area is 119 Å². The molecule has 19 heavy (non-hydrogen) atoms. The second-order valence-corrected chi connectivity index (χ2v) is 7.09. The molecule has 0 bridgehead atoms. The van der Waals surface area contributed by atoms with Crippen LogP contribution in [0.4, 0.5) is 0 Å². The predicted octanol–water partition coefficient (Wildman–Crippen LogP) is 3.08. The molecule has 1 heterocycles. The lowest BCUT2D eigenvalue weighted by atomic mass is 9.95. The molecule has 0 atom stereocenters. The lowest BCUT2D eigenvalue weighted by molar-refractivity contribution is 0.261. The molecular formula is C13H19ClN2O2S. The molecule has 0 saturated heterocycles. The second kappa shape index (κ2) is 6.20. The van der Waals surface area contributed by atoms with Crippen LogP contribution in [0.15, 0.2) is 23.2 Å². The molecule has 2 rings (SSSR count). The molecule has 0 aromatic carbocycles. The Morgan fingerprint density at radius 3 is 2.63 bits per heavy atom. The zero-order valence-electron chi connectivity index (χ0n) is 11.0. The van der Waals surface area contributed by atoms with Crippen molar-refractivity contribution in [3.8, 4) is 0 Å². The summed E-state index contributed by atoms with van der Waals surface area (Å²) in [6.45, 7) is 2.38. The van der Waals surface area contributed by atoms with Crippen LogP contribution in [0.3, 0.4) is 0 Å². The lowest BCUT2D eigenvalue weighted by Crippen LogP contribution is -2.41. The van der Waals surface area contributed by atoms with Gasteiger partial charge in [-0.15, -0.1) is 0 Å². The molecule has 1 aliphatic rings. The zero-order valence-corrected chi connectivity index (χ0v) is 12.6. The van der Waals surface area contributed by atoms with Crippen LogP contribution >= 0.6 is 11.6 Å². The maximum Gasteiger partial charge on any atom is 0.243 e. The van der Waals surface area contributed by atoms with E-state index in [0.717, 1.165) is 25.7 Å². The summed E-state index contributed by atoms with van der Waals surface area (Å²) in [5, 5.41) is 0.209. The third-order valence-electron chi connectivity index (χ3n) is 3.60. The molecule has 0 unspecified atom stereocenters. The van der Waals surface area contributed by atoms with E-state index in [1.165, 1.54) is 24.8 Å². The fourth-order valence-corrected chi connectivity index (χ4v) is 4.62. The van der Waals surface area contributed by atoms with Gasteiger partial charge in [0.2, 0.25) is 10.0 Å². The van der Waals surface area contributed by atoms with E-state index in [4.69, 9.17) is 11.6 Å². The van der Waals surface area contributed by atoms with E-state index in [-0.39, 0.29) is 16.1 Å². The molecule has 0 aliphatic heterocycles. The Morgan fingerprint density at radius 2 is 2.05 bits per heavy atom. The highest BCUT2D eigenvalue weighted by molar-refractivity contribution is 7.89. The summed E-state index contributed by atoms with van der Waals surface area (Å²) in [6, 6.07) is 3.05. The second-order valence-electron chi connectivity index (χ2n) is 4.81. The Bertz CT molecular complexity index is 527. The van der Waals surface area contributed by atoms with Crippen molar-refractivity contribution in [3.63, 3.8) is 0 Å². The van der Waals surface area contributed by atoms with Crippen LogP contribution < -0.4 is 0 Å². The number of nitrogens with zero attached hydrogens (tertiary/aromatic N) is 2. The first-order valence-corrected chi connectivity index (χ1v) is 8.51. The highest BCUT2D eigenvalue weighted by Gasteiger charge is 2.31. The van der Waals surface area contributed by atoms with Crippen molar-refractivity contribution in [1.82, 2.24) is 9.29 Å². The quantitative estimate of drug-likeness (QED) is 0.803. The van der Waals surface area contributed by atoms with Gasteiger partial charge in [0.25, 0.3) is 0 Å². The molecule has 1 aromatic heterocycles. The molecule has 0 amide bonds. The van der Waals surface area contributed by atoms with Gasteiger partial charge in [-0.25, -0.2) is 13.4 Å². The summed E-state index contributed by atoms with van der Waals surface area (Å²) >= 11 is 5.79. The maximum atomic E-state index is 12.7. The largest absolute Gasteiger partial charge is 0.244 e. The Morgan fingerprint density at radius 1 is 1.37 bits per heavy atom. The van der Waals surface area contributed by atoms with Gasteiger partial charge < -0.3 is 0 Å². The molecule has 6 heteroatoms. The number of pyridine rings is 1. The normalized spacial score (nSPS) is 17.8. The molecular weight excluding hydrogens is 284 g/mol. The van der Waals surface area contributed by atoms with Crippen LogP contribution in [0.2, 0.25) is 5.15 Å². The van der Waals surface area contributed by atoms with Crippen LogP contribution in [0.5, 0.6) is 0 Å². The van der Waals surface area contributed by atoms with Crippen LogP contribution in [0, 0.1) is 0 Å². The summed E-state index contributed by atoms with van der Waals surface area (Å²) in [6.07, 6.45) is 6.75. The van der Waals surface area contributed by atoms with Crippen molar-refractivity contribution in [2.75, 3.05) is 6.54 Å². The summed E-state index contributed by atoms with van der Waals surface area (Å²) in [4.78, 5) is 4.07. The average Bonchev–Trinajstić information content (AvgIpc) is 2.40. The third-order valence-corrected chi connectivity index (χ3v) is 5.83. The molecule has 1 aromatic rings. The van der Waals surface area contributed by atoms with Crippen molar-refractivity contribution in [1.29, 1.82) is 0 Å². The monoisotopic (exact) mass is 302 g/mol. The van der Waals surface area contributed by atoms with E-state index in [9.17, 15) is 8.42 Å². The number of hydrogen-bond donors (Lipinski definition) is 0. The fourth-order valence-electron chi connectivity index (χ4n) is 2.67. The fraction of sp³-hybridized carbons (Fsp3) is 0.615.